The number of hydrogen-bond acceptors (Lipinski definition) is 4. The van der Waals surface area contributed by atoms with Crippen molar-refractivity contribution < 1.29 is 18.7 Å². The number of ether oxygens (including phenoxy) is 1. The molecule has 0 aliphatic heterocycles. The molecule has 0 bridgehead atoms. The summed E-state index contributed by atoms with van der Waals surface area (Å²) in [7, 11) is 0. The zero-order valence-electron chi connectivity index (χ0n) is 14.9. The van der Waals surface area contributed by atoms with Crippen LogP contribution < -0.4 is 0 Å². The number of esters is 1. The minimum Gasteiger partial charge on any atom is -0.466 e. The van der Waals surface area contributed by atoms with E-state index in [1.165, 1.54) is 6.07 Å². The molecule has 0 N–H and O–H groups in total. The van der Waals surface area contributed by atoms with Gasteiger partial charge in [-0.1, -0.05) is 24.3 Å². The van der Waals surface area contributed by atoms with E-state index < -0.39 is 0 Å². The molecule has 0 aliphatic rings. The van der Waals surface area contributed by atoms with Crippen molar-refractivity contribution in [3.63, 3.8) is 0 Å². The van der Waals surface area contributed by atoms with Crippen molar-refractivity contribution in [1.82, 2.24) is 9.88 Å². The summed E-state index contributed by atoms with van der Waals surface area (Å²) in [5, 5.41) is 0. The second-order valence-corrected chi connectivity index (χ2v) is 5.82. The van der Waals surface area contributed by atoms with Crippen molar-refractivity contribution in [1.29, 1.82) is 0 Å². The van der Waals surface area contributed by atoms with Crippen LogP contribution in [-0.2, 0) is 27.3 Å². The molecule has 0 saturated heterocycles. The topological polar surface area (TPSA) is 59.5 Å². The number of aromatic nitrogens is 1. The lowest BCUT2D eigenvalue weighted by atomic mass is 10.1. The van der Waals surface area contributed by atoms with Crippen LogP contribution in [-0.4, -0.2) is 34.9 Å². The molecule has 2 rings (SSSR count). The number of halogens is 1. The van der Waals surface area contributed by atoms with Gasteiger partial charge in [0.2, 0.25) is 5.91 Å². The van der Waals surface area contributed by atoms with Crippen molar-refractivity contribution in [3.05, 3.63) is 65.7 Å². The molecule has 2 aromatic rings. The molecule has 6 heteroatoms. The van der Waals surface area contributed by atoms with Crippen molar-refractivity contribution >= 4 is 11.9 Å². The number of benzene rings is 1. The standard InChI is InChI=1S/C20H23FN2O3/c1-2-26-20(25)11-13-23(15-16-6-5-12-22-14-16)19(24)10-9-17-7-3-4-8-18(17)21/h3-8,12,14H,2,9-11,13,15H2,1H3. The summed E-state index contributed by atoms with van der Waals surface area (Å²) in [6, 6.07) is 10.1. The molecular formula is C20H23FN2O3. The third-order valence-corrected chi connectivity index (χ3v) is 3.91. The Hall–Kier alpha value is -2.76. The van der Waals surface area contributed by atoms with Gasteiger partial charge < -0.3 is 9.64 Å². The number of pyridine rings is 1. The third-order valence-electron chi connectivity index (χ3n) is 3.91. The highest BCUT2D eigenvalue weighted by Crippen LogP contribution is 2.12. The van der Waals surface area contributed by atoms with Gasteiger partial charge in [-0.25, -0.2) is 4.39 Å². The van der Waals surface area contributed by atoms with Gasteiger partial charge in [-0.15, -0.1) is 0 Å². The SMILES string of the molecule is CCOC(=O)CCN(Cc1cccnc1)C(=O)CCc1ccccc1F. The average molecular weight is 358 g/mol. The smallest absolute Gasteiger partial charge is 0.307 e. The van der Waals surface area contributed by atoms with E-state index in [-0.39, 0.29) is 37.1 Å². The molecule has 5 nitrogen and oxygen atoms in total. The number of hydrogen-bond donors (Lipinski definition) is 0. The van der Waals surface area contributed by atoms with Crippen LogP contribution in [0, 0.1) is 5.82 Å². The highest BCUT2D eigenvalue weighted by molar-refractivity contribution is 5.77. The van der Waals surface area contributed by atoms with E-state index in [4.69, 9.17) is 4.74 Å². The lowest BCUT2D eigenvalue weighted by Gasteiger charge is -2.22. The van der Waals surface area contributed by atoms with Gasteiger partial charge in [-0.2, -0.15) is 0 Å². The number of aryl methyl sites for hydroxylation is 1. The Morgan fingerprint density at radius 3 is 2.65 bits per heavy atom. The molecule has 0 spiro atoms. The molecule has 26 heavy (non-hydrogen) atoms. The zero-order valence-corrected chi connectivity index (χ0v) is 14.9. The number of rotatable bonds is 9. The highest BCUT2D eigenvalue weighted by atomic mass is 19.1. The Morgan fingerprint density at radius 1 is 1.15 bits per heavy atom. The first-order chi connectivity index (χ1) is 12.6. The van der Waals surface area contributed by atoms with E-state index in [9.17, 15) is 14.0 Å². The minimum atomic E-state index is -0.342. The number of amides is 1. The van der Waals surface area contributed by atoms with Gasteiger partial charge in [0.05, 0.1) is 13.0 Å². The Kier molecular flexibility index (Phi) is 7.74. The lowest BCUT2D eigenvalue weighted by molar-refractivity contribution is -0.144. The van der Waals surface area contributed by atoms with Crippen LogP contribution in [0.3, 0.4) is 0 Å². The second kappa shape index (κ2) is 10.3. The zero-order chi connectivity index (χ0) is 18.8. The van der Waals surface area contributed by atoms with E-state index in [1.54, 1.807) is 48.5 Å². The summed E-state index contributed by atoms with van der Waals surface area (Å²) in [6.07, 6.45) is 3.95. The summed E-state index contributed by atoms with van der Waals surface area (Å²) < 4.78 is 18.7. The molecule has 0 aliphatic carbocycles. The monoisotopic (exact) mass is 358 g/mol. The predicted octanol–water partition coefficient (Wildman–Crippen LogP) is 3.14. The fourth-order valence-electron chi connectivity index (χ4n) is 2.56. The number of nitrogens with zero attached hydrogens (tertiary/aromatic N) is 2. The maximum atomic E-state index is 13.7. The number of carbonyl (C=O) groups excluding carboxylic acids is 2. The normalized spacial score (nSPS) is 10.4. The molecule has 0 atom stereocenters. The Bertz CT molecular complexity index is 722. The first kappa shape index (κ1) is 19.6. The summed E-state index contributed by atoms with van der Waals surface area (Å²) in [6.45, 7) is 2.65. The molecule has 138 valence electrons. The fourth-order valence-corrected chi connectivity index (χ4v) is 2.56. The minimum absolute atomic E-state index is 0.125. The van der Waals surface area contributed by atoms with Crippen LogP contribution in [0.1, 0.15) is 30.9 Å². The Balaban J connectivity index is 1.99. The first-order valence-electron chi connectivity index (χ1n) is 8.66. The Labute approximate surface area is 152 Å². The molecule has 0 radical (unpaired) electrons. The van der Waals surface area contributed by atoms with Crippen LogP contribution in [0.5, 0.6) is 0 Å². The molecule has 1 aromatic heterocycles. The quantitative estimate of drug-likeness (QED) is 0.646. The van der Waals surface area contributed by atoms with Crippen LogP contribution in [0.2, 0.25) is 0 Å². The molecular weight excluding hydrogens is 335 g/mol. The van der Waals surface area contributed by atoms with Gasteiger partial charge in [-0.05, 0) is 36.6 Å². The summed E-state index contributed by atoms with van der Waals surface area (Å²) in [5.41, 5.74) is 1.38. The number of carbonyl (C=O) groups is 2. The average Bonchev–Trinajstić information content (AvgIpc) is 2.65. The van der Waals surface area contributed by atoms with Crippen molar-refractivity contribution in [2.24, 2.45) is 0 Å². The van der Waals surface area contributed by atoms with Gasteiger partial charge in [0.15, 0.2) is 0 Å². The van der Waals surface area contributed by atoms with Gasteiger partial charge in [0, 0.05) is 31.9 Å². The van der Waals surface area contributed by atoms with Gasteiger partial charge in [-0.3, -0.25) is 14.6 Å². The van der Waals surface area contributed by atoms with E-state index in [1.807, 2.05) is 6.07 Å². The van der Waals surface area contributed by atoms with Crippen LogP contribution in [0.25, 0.3) is 0 Å². The van der Waals surface area contributed by atoms with Gasteiger partial charge >= 0.3 is 5.97 Å². The van der Waals surface area contributed by atoms with Gasteiger partial charge in [0.25, 0.3) is 0 Å². The van der Waals surface area contributed by atoms with Crippen molar-refractivity contribution in [2.75, 3.05) is 13.2 Å². The second-order valence-electron chi connectivity index (χ2n) is 5.82. The summed E-state index contributed by atoms with van der Waals surface area (Å²) >= 11 is 0. The largest absolute Gasteiger partial charge is 0.466 e. The maximum Gasteiger partial charge on any atom is 0.307 e. The van der Waals surface area contributed by atoms with Gasteiger partial charge in [0.1, 0.15) is 5.82 Å². The maximum absolute atomic E-state index is 13.7. The fraction of sp³-hybridized carbons (Fsp3) is 0.350. The van der Waals surface area contributed by atoms with Crippen LogP contribution in [0.15, 0.2) is 48.8 Å². The van der Waals surface area contributed by atoms with E-state index in [0.717, 1.165) is 5.56 Å². The Morgan fingerprint density at radius 2 is 1.96 bits per heavy atom. The molecule has 0 saturated carbocycles. The van der Waals surface area contributed by atoms with Crippen LogP contribution >= 0.6 is 0 Å². The molecule has 1 amide bonds. The van der Waals surface area contributed by atoms with Crippen molar-refractivity contribution in [3.8, 4) is 0 Å². The van der Waals surface area contributed by atoms with E-state index in [2.05, 4.69) is 4.98 Å². The molecule has 1 aromatic carbocycles. The van der Waals surface area contributed by atoms with Crippen molar-refractivity contribution in [2.45, 2.75) is 32.7 Å². The summed E-state index contributed by atoms with van der Waals surface area (Å²) in [5.74, 6) is -0.794. The van der Waals surface area contributed by atoms with Crippen LogP contribution in [0.4, 0.5) is 4.39 Å². The molecule has 0 unspecified atom stereocenters. The molecule has 0 fully saturated rings. The third kappa shape index (κ3) is 6.27. The lowest BCUT2D eigenvalue weighted by Crippen LogP contribution is -2.33. The first-order valence-corrected chi connectivity index (χ1v) is 8.66. The molecule has 1 heterocycles. The summed E-state index contributed by atoms with van der Waals surface area (Å²) in [4.78, 5) is 29.9. The van der Waals surface area contributed by atoms with E-state index in [0.29, 0.717) is 25.1 Å². The highest BCUT2D eigenvalue weighted by Gasteiger charge is 2.17. The predicted molar refractivity (Wildman–Crippen MR) is 95.6 cm³/mol. The van der Waals surface area contributed by atoms with E-state index >= 15 is 0 Å².